The number of amides is 1. The lowest BCUT2D eigenvalue weighted by molar-refractivity contribution is -0.121. The highest BCUT2D eigenvalue weighted by Gasteiger charge is 2.03. The van der Waals surface area contributed by atoms with Crippen LogP contribution in [0.3, 0.4) is 0 Å². The number of aryl methyl sites for hydroxylation is 2. The molecular weight excluding hydrogens is 300 g/mol. The van der Waals surface area contributed by atoms with Gasteiger partial charge in [-0.25, -0.2) is 0 Å². The summed E-state index contributed by atoms with van der Waals surface area (Å²) in [5, 5.41) is 2.88. The first-order valence-electron chi connectivity index (χ1n) is 7.71. The number of benzene rings is 1. The molecule has 0 aromatic heterocycles. The van der Waals surface area contributed by atoms with E-state index in [1.165, 1.54) is 5.56 Å². The molecule has 1 amide bonds. The fraction of sp³-hybridized carbons (Fsp3) is 0.588. The van der Waals surface area contributed by atoms with Gasteiger partial charge in [-0.1, -0.05) is 12.1 Å². The van der Waals surface area contributed by atoms with Crippen LogP contribution in [-0.2, 0) is 4.79 Å². The zero-order valence-electron chi connectivity index (χ0n) is 13.9. The topological polar surface area (TPSA) is 64.3 Å². The first kappa shape index (κ1) is 20.7. The predicted octanol–water partition coefficient (Wildman–Crippen LogP) is 3.13. The minimum Gasteiger partial charge on any atom is -0.493 e. The van der Waals surface area contributed by atoms with E-state index >= 15 is 0 Å². The molecule has 5 heteroatoms. The molecule has 1 unspecified atom stereocenters. The van der Waals surface area contributed by atoms with Gasteiger partial charge in [0.05, 0.1) is 6.61 Å². The molecule has 0 fully saturated rings. The minimum absolute atomic E-state index is 0. The molecule has 0 saturated carbocycles. The van der Waals surface area contributed by atoms with Crippen LogP contribution in [0.4, 0.5) is 0 Å². The first-order chi connectivity index (χ1) is 9.99. The molecule has 0 spiro atoms. The quantitative estimate of drug-likeness (QED) is 0.684. The largest absolute Gasteiger partial charge is 0.493 e. The Morgan fingerprint density at radius 2 is 2.05 bits per heavy atom. The van der Waals surface area contributed by atoms with Gasteiger partial charge in [0.1, 0.15) is 5.75 Å². The lowest BCUT2D eigenvalue weighted by Crippen LogP contribution is -2.28. The normalized spacial score (nSPS) is 11.5. The summed E-state index contributed by atoms with van der Waals surface area (Å²) < 4.78 is 5.76. The van der Waals surface area contributed by atoms with Crippen molar-refractivity contribution in [1.29, 1.82) is 0 Å². The van der Waals surface area contributed by atoms with E-state index in [2.05, 4.69) is 30.4 Å². The third-order valence-corrected chi connectivity index (χ3v) is 3.32. The number of unbranched alkanes of at least 4 members (excludes halogenated alkanes) is 1. The fourth-order valence-corrected chi connectivity index (χ4v) is 1.96. The second-order valence-electron chi connectivity index (χ2n) is 5.69. The summed E-state index contributed by atoms with van der Waals surface area (Å²) in [7, 11) is 0. The Hall–Kier alpha value is -1.26. The Labute approximate surface area is 140 Å². The fourth-order valence-electron chi connectivity index (χ4n) is 1.96. The van der Waals surface area contributed by atoms with Crippen LogP contribution in [0.5, 0.6) is 5.75 Å². The lowest BCUT2D eigenvalue weighted by Gasteiger charge is -2.10. The Bertz CT molecular complexity index is 450. The Morgan fingerprint density at radius 1 is 1.32 bits per heavy atom. The molecule has 0 radical (unpaired) electrons. The number of carbonyl (C=O) groups is 1. The average Bonchev–Trinajstić information content (AvgIpc) is 2.41. The molecule has 126 valence electrons. The molecule has 0 bridgehead atoms. The van der Waals surface area contributed by atoms with E-state index in [0.717, 1.165) is 30.6 Å². The molecule has 0 saturated heterocycles. The van der Waals surface area contributed by atoms with Crippen LogP contribution in [0.2, 0.25) is 0 Å². The summed E-state index contributed by atoms with van der Waals surface area (Å²) in [6, 6.07) is 6.33. The van der Waals surface area contributed by atoms with Gasteiger partial charge >= 0.3 is 0 Å². The van der Waals surface area contributed by atoms with Crippen molar-refractivity contribution in [3.8, 4) is 5.75 Å². The number of halogens is 1. The number of hydrogen-bond acceptors (Lipinski definition) is 3. The SMILES string of the molecule is Cc1ccc(C)c(OCCCCC(=O)NCCC(C)N)c1.Cl. The van der Waals surface area contributed by atoms with Crippen LogP contribution in [0.1, 0.15) is 43.7 Å². The summed E-state index contributed by atoms with van der Waals surface area (Å²) >= 11 is 0. The highest BCUT2D eigenvalue weighted by molar-refractivity contribution is 5.85. The Kier molecular flexibility index (Phi) is 10.7. The van der Waals surface area contributed by atoms with E-state index in [1.54, 1.807) is 0 Å². The van der Waals surface area contributed by atoms with Crippen LogP contribution in [0.15, 0.2) is 18.2 Å². The first-order valence-corrected chi connectivity index (χ1v) is 7.71. The van der Waals surface area contributed by atoms with Gasteiger partial charge in [0.15, 0.2) is 0 Å². The Balaban J connectivity index is 0.00000441. The highest BCUT2D eigenvalue weighted by atomic mass is 35.5. The van der Waals surface area contributed by atoms with Crippen molar-refractivity contribution < 1.29 is 9.53 Å². The van der Waals surface area contributed by atoms with Crippen molar-refractivity contribution in [3.63, 3.8) is 0 Å². The monoisotopic (exact) mass is 328 g/mol. The summed E-state index contributed by atoms with van der Waals surface area (Å²) in [5.41, 5.74) is 7.97. The summed E-state index contributed by atoms with van der Waals surface area (Å²) in [4.78, 5) is 11.6. The molecule has 1 aromatic carbocycles. The van der Waals surface area contributed by atoms with E-state index in [1.807, 2.05) is 13.8 Å². The van der Waals surface area contributed by atoms with Crippen molar-refractivity contribution in [1.82, 2.24) is 5.32 Å². The van der Waals surface area contributed by atoms with Crippen LogP contribution in [0.25, 0.3) is 0 Å². The van der Waals surface area contributed by atoms with E-state index < -0.39 is 0 Å². The predicted molar refractivity (Wildman–Crippen MR) is 93.8 cm³/mol. The van der Waals surface area contributed by atoms with E-state index in [9.17, 15) is 4.79 Å². The third kappa shape index (κ3) is 8.90. The maximum absolute atomic E-state index is 11.6. The van der Waals surface area contributed by atoms with Gasteiger partial charge < -0.3 is 15.8 Å². The number of rotatable bonds is 9. The maximum atomic E-state index is 11.6. The van der Waals surface area contributed by atoms with Crippen LogP contribution in [0, 0.1) is 13.8 Å². The standard InChI is InChI=1S/C17H28N2O2.ClH/c1-13-7-8-14(2)16(12-13)21-11-5-4-6-17(20)19-10-9-15(3)18;/h7-8,12,15H,4-6,9-11,18H2,1-3H3,(H,19,20);1H. The number of nitrogens with one attached hydrogen (secondary N) is 1. The molecule has 3 N–H and O–H groups in total. The average molecular weight is 329 g/mol. The van der Waals surface area contributed by atoms with Crippen molar-refractivity contribution in [2.75, 3.05) is 13.2 Å². The number of ether oxygens (including phenoxy) is 1. The van der Waals surface area contributed by atoms with Gasteiger partial charge in [0.25, 0.3) is 0 Å². The van der Waals surface area contributed by atoms with Crippen LogP contribution < -0.4 is 15.8 Å². The summed E-state index contributed by atoms with van der Waals surface area (Å²) in [5.74, 6) is 1.04. The molecule has 0 aliphatic heterocycles. The number of nitrogens with two attached hydrogens (primary N) is 1. The molecule has 0 aliphatic rings. The van der Waals surface area contributed by atoms with Crippen LogP contribution >= 0.6 is 12.4 Å². The molecule has 0 aliphatic carbocycles. The van der Waals surface area contributed by atoms with E-state index in [-0.39, 0.29) is 24.4 Å². The van der Waals surface area contributed by atoms with Gasteiger partial charge in [-0.05, 0) is 57.2 Å². The summed E-state index contributed by atoms with van der Waals surface area (Å²) in [6.07, 6.45) is 3.10. The van der Waals surface area contributed by atoms with Gasteiger partial charge in [-0.15, -0.1) is 12.4 Å². The molecule has 1 aromatic rings. The van der Waals surface area contributed by atoms with Crippen LogP contribution in [-0.4, -0.2) is 25.1 Å². The summed E-state index contributed by atoms with van der Waals surface area (Å²) in [6.45, 7) is 7.35. The third-order valence-electron chi connectivity index (χ3n) is 3.32. The van der Waals surface area contributed by atoms with Crippen molar-refractivity contribution in [2.24, 2.45) is 5.73 Å². The molecule has 0 heterocycles. The molecule has 22 heavy (non-hydrogen) atoms. The molecular formula is C17H29ClN2O2. The van der Waals surface area contributed by atoms with E-state index in [4.69, 9.17) is 10.5 Å². The second-order valence-corrected chi connectivity index (χ2v) is 5.69. The van der Waals surface area contributed by atoms with Crippen molar-refractivity contribution >= 4 is 18.3 Å². The molecule has 1 atom stereocenters. The number of hydrogen-bond donors (Lipinski definition) is 2. The minimum atomic E-state index is 0. The molecule has 4 nitrogen and oxygen atoms in total. The Morgan fingerprint density at radius 3 is 2.73 bits per heavy atom. The maximum Gasteiger partial charge on any atom is 0.219 e. The smallest absolute Gasteiger partial charge is 0.219 e. The zero-order valence-corrected chi connectivity index (χ0v) is 14.7. The van der Waals surface area contributed by atoms with Gasteiger partial charge in [0.2, 0.25) is 5.91 Å². The van der Waals surface area contributed by atoms with Crippen molar-refractivity contribution in [2.45, 2.75) is 52.5 Å². The van der Waals surface area contributed by atoms with Gasteiger partial charge in [-0.3, -0.25) is 4.79 Å². The zero-order chi connectivity index (χ0) is 15.7. The van der Waals surface area contributed by atoms with Gasteiger partial charge in [0, 0.05) is 19.0 Å². The van der Waals surface area contributed by atoms with Gasteiger partial charge in [-0.2, -0.15) is 0 Å². The lowest BCUT2D eigenvalue weighted by atomic mass is 10.1. The molecule has 1 rings (SSSR count). The highest BCUT2D eigenvalue weighted by Crippen LogP contribution is 2.19. The second kappa shape index (κ2) is 11.3. The number of carbonyl (C=O) groups excluding carboxylic acids is 1. The van der Waals surface area contributed by atoms with Crippen molar-refractivity contribution in [3.05, 3.63) is 29.3 Å². The van der Waals surface area contributed by atoms with E-state index in [0.29, 0.717) is 19.6 Å².